The fourth-order valence-corrected chi connectivity index (χ4v) is 2.52. The van der Waals surface area contributed by atoms with Crippen LogP contribution in [0.25, 0.3) is 0 Å². The van der Waals surface area contributed by atoms with Crippen LogP contribution in [0.15, 0.2) is 0 Å². The van der Waals surface area contributed by atoms with Gasteiger partial charge in [-0.15, -0.1) is 0 Å². The first kappa shape index (κ1) is 14.8. The van der Waals surface area contributed by atoms with E-state index in [9.17, 15) is 9.59 Å². The van der Waals surface area contributed by atoms with Crippen molar-refractivity contribution in [2.75, 3.05) is 13.6 Å². The maximum Gasteiger partial charge on any atom is 0.320 e. The van der Waals surface area contributed by atoms with Gasteiger partial charge in [0.05, 0.1) is 12.5 Å². The van der Waals surface area contributed by atoms with E-state index in [0.29, 0.717) is 6.54 Å². The molecule has 1 unspecified atom stereocenters. The minimum absolute atomic E-state index is 0.0154. The normalized spacial score (nSPS) is 21.7. The van der Waals surface area contributed by atoms with Gasteiger partial charge in [-0.2, -0.15) is 0 Å². The molecule has 5 nitrogen and oxygen atoms in total. The predicted octanol–water partition coefficient (Wildman–Crippen LogP) is 2.02. The van der Waals surface area contributed by atoms with Crippen LogP contribution in [0, 0.1) is 5.41 Å². The summed E-state index contributed by atoms with van der Waals surface area (Å²) in [5.74, 6) is -0.880. The lowest BCUT2D eigenvalue weighted by molar-refractivity contribution is -0.139. The number of aliphatic carboxylic acids is 1. The van der Waals surface area contributed by atoms with E-state index in [4.69, 9.17) is 5.11 Å². The molecule has 1 rings (SSSR count). The number of amides is 2. The van der Waals surface area contributed by atoms with E-state index in [-0.39, 0.29) is 23.9 Å². The van der Waals surface area contributed by atoms with Crippen LogP contribution in [0.3, 0.4) is 0 Å². The second-order valence-electron chi connectivity index (χ2n) is 6.77. The van der Waals surface area contributed by atoms with Gasteiger partial charge in [-0.05, 0) is 19.3 Å². The van der Waals surface area contributed by atoms with Crippen molar-refractivity contribution < 1.29 is 14.7 Å². The van der Waals surface area contributed by atoms with E-state index in [1.807, 2.05) is 0 Å². The van der Waals surface area contributed by atoms with Gasteiger partial charge in [-0.3, -0.25) is 4.79 Å². The van der Waals surface area contributed by atoms with Gasteiger partial charge in [0.15, 0.2) is 0 Å². The maximum absolute atomic E-state index is 12.2. The Morgan fingerprint density at radius 1 is 1.33 bits per heavy atom. The predicted molar refractivity (Wildman–Crippen MR) is 69.4 cm³/mol. The Kier molecular flexibility index (Phi) is 3.65. The van der Waals surface area contributed by atoms with Gasteiger partial charge in [0.25, 0.3) is 0 Å². The summed E-state index contributed by atoms with van der Waals surface area (Å²) in [5, 5.41) is 8.94. The number of likely N-dealkylation sites (N-methyl/N-ethyl adjacent to an activating group) is 1. The molecule has 18 heavy (non-hydrogen) atoms. The minimum atomic E-state index is -0.880. The van der Waals surface area contributed by atoms with E-state index in [2.05, 4.69) is 20.8 Å². The summed E-state index contributed by atoms with van der Waals surface area (Å²) in [4.78, 5) is 26.5. The summed E-state index contributed by atoms with van der Waals surface area (Å²) in [6.45, 7) is 10.5. The number of nitrogens with zero attached hydrogens (tertiary/aromatic N) is 2. The lowest BCUT2D eigenvalue weighted by Gasteiger charge is -2.34. The zero-order valence-electron chi connectivity index (χ0n) is 12.1. The van der Waals surface area contributed by atoms with Crippen LogP contribution in [0.2, 0.25) is 0 Å². The highest BCUT2D eigenvalue weighted by Gasteiger charge is 2.46. The van der Waals surface area contributed by atoms with Crippen molar-refractivity contribution in [2.24, 2.45) is 5.41 Å². The van der Waals surface area contributed by atoms with Crippen LogP contribution in [0.5, 0.6) is 0 Å². The molecule has 0 aromatic heterocycles. The van der Waals surface area contributed by atoms with E-state index in [0.717, 1.165) is 0 Å². The summed E-state index contributed by atoms with van der Waals surface area (Å²) < 4.78 is 0. The topological polar surface area (TPSA) is 60.9 Å². The highest BCUT2D eigenvalue weighted by atomic mass is 16.4. The number of hydrogen-bond donors (Lipinski definition) is 1. The second kappa shape index (κ2) is 4.44. The van der Waals surface area contributed by atoms with Gasteiger partial charge in [-0.1, -0.05) is 20.8 Å². The third-order valence-corrected chi connectivity index (χ3v) is 3.67. The first-order valence-corrected chi connectivity index (χ1v) is 6.23. The Bertz CT molecular complexity index is 358. The van der Waals surface area contributed by atoms with Crippen LogP contribution in [0.4, 0.5) is 4.79 Å². The molecule has 0 aromatic carbocycles. The largest absolute Gasteiger partial charge is 0.481 e. The van der Waals surface area contributed by atoms with Crippen molar-refractivity contribution in [3.05, 3.63) is 0 Å². The lowest BCUT2D eigenvalue weighted by atomic mass is 9.86. The molecule has 1 atom stereocenters. The standard InChI is InChI=1S/C13H24N2O3/c1-12(2,3)9-8-15(11(18)14(9)6)13(4,5)7-10(16)17/h9H,7-8H2,1-6H3,(H,16,17). The van der Waals surface area contributed by atoms with Crippen LogP contribution in [-0.4, -0.2) is 52.1 Å². The Hall–Kier alpha value is -1.26. The number of rotatable bonds is 3. The molecule has 1 heterocycles. The Labute approximate surface area is 109 Å². The third-order valence-electron chi connectivity index (χ3n) is 3.67. The van der Waals surface area contributed by atoms with Crippen molar-refractivity contribution >= 4 is 12.0 Å². The molecule has 104 valence electrons. The third kappa shape index (κ3) is 2.76. The molecule has 2 amide bonds. The Balaban J connectivity index is 2.94. The van der Waals surface area contributed by atoms with Gasteiger partial charge < -0.3 is 14.9 Å². The first-order valence-electron chi connectivity index (χ1n) is 6.23. The average Bonchev–Trinajstić information content (AvgIpc) is 2.41. The smallest absolute Gasteiger partial charge is 0.320 e. The molecule has 0 bridgehead atoms. The average molecular weight is 256 g/mol. The Morgan fingerprint density at radius 3 is 2.17 bits per heavy atom. The number of carboxylic acids is 1. The molecule has 0 saturated carbocycles. The van der Waals surface area contributed by atoms with Crippen LogP contribution < -0.4 is 0 Å². The SMILES string of the molecule is CN1C(=O)N(C(C)(C)CC(=O)O)CC1C(C)(C)C. The highest BCUT2D eigenvalue weighted by Crippen LogP contribution is 2.34. The minimum Gasteiger partial charge on any atom is -0.481 e. The highest BCUT2D eigenvalue weighted by molar-refractivity contribution is 5.79. The fraction of sp³-hybridized carbons (Fsp3) is 0.846. The zero-order chi connectivity index (χ0) is 14.3. The Morgan fingerprint density at radius 2 is 1.83 bits per heavy atom. The summed E-state index contributed by atoms with van der Waals surface area (Å²) in [7, 11) is 1.79. The first-order chi connectivity index (χ1) is 7.97. The van der Waals surface area contributed by atoms with Gasteiger partial charge >= 0.3 is 12.0 Å². The molecular formula is C13H24N2O3. The molecule has 0 aromatic rings. The van der Waals surface area contributed by atoms with E-state index < -0.39 is 11.5 Å². The quantitative estimate of drug-likeness (QED) is 0.840. The lowest BCUT2D eigenvalue weighted by Crippen LogP contribution is -2.47. The van der Waals surface area contributed by atoms with Gasteiger partial charge in [0.1, 0.15) is 0 Å². The molecule has 0 spiro atoms. The maximum atomic E-state index is 12.2. The zero-order valence-corrected chi connectivity index (χ0v) is 12.1. The van der Waals surface area contributed by atoms with Crippen molar-refractivity contribution in [1.82, 2.24) is 9.80 Å². The molecular weight excluding hydrogens is 232 g/mol. The molecule has 1 aliphatic heterocycles. The molecule has 1 aliphatic rings. The van der Waals surface area contributed by atoms with Crippen molar-refractivity contribution in [3.8, 4) is 0 Å². The van der Waals surface area contributed by atoms with Crippen LogP contribution in [0.1, 0.15) is 41.0 Å². The second-order valence-corrected chi connectivity index (χ2v) is 6.77. The molecule has 0 aliphatic carbocycles. The number of carboxylic acid groups (broad SMARTS) is 1. The number of hydrogen-bond acceptors (Lipinski definition) is 2. The summed E-state index contributed by atoms with van der Waals surface area (Å²) in [5.41, 5.74) is -0.671. The molecule has 1 N–H and O–H groups in total. The number of urea groups is 1. The molecule has 0 radical (unpaired) electrons. The monoisotopic (exact) mass is 256 g/mol. The fourth-order valence-electron chi connectivity index (χ4n) is 2.52. The van der Waals surface area contributed by atoms with E-state index in [1.54, 1.807) is 30.7 Å². The summed E-state index contributed by atoms with van der Waals surface area (Å²) in [6.07, 6.45) is -0.0383. The van der Waals surface area contributed by atoms with Gasteiger partial charge in [-0.25, -0.2) is 4.79 Å². The van der Waals surface area contributed by atoms with Gasteiger partial charge in [0.2, 0.25) is 0 Å². The van der Waals surface area contributed by atoms with E-state index >= 15 is 0 Å². The van der Waals surface area contributed by atoms with Crippen molar-refractivity contribution in [2.45, 2.75) is 52.6 Å². The van der Waals surface area contributed by atoms with Crippen molar-refractivity contribution in [1.29, 1.82) is 0 Å². The summed E-state index contributed by atoms with van der Waals surface area (Å²) >= 11 is 0. The van der Waals surface area contributed by atoms with E-state index in [1.165, 1.54) is 0 Å². The number of carbonyl (C=O) groups excluding carboxylic acids is 1. The van der Waals surface area contributed by atoms with Crippen LogP contribution in [-0.2, 0) is 4.79 Å². The summed E-state index contributed by atoms with van der Waals surface area (Å²) in [6, 6.07) is 0.0271. The molecule has 1 fully saturated rings. The molecule has 5 heteroatoms. The van der Waals surface area contributed by atoms with Crippen LogP contribution >= 0.6 is 0 Å². The van der Waals surface area contributed by atoms with Gasteiger partial charge in [0, 0.05) is 19.1 Å². The molecule has 1 saturated heterocycles. The number of carbonyl (C=O) groups is 2. The van der Waals surface area contributed by atoms with Crippen molar-refractivity contribution in [3.63, 3.8) is 0 Å².